The van der Waals surface area contributed by atoms with Gasteiger partial charge in [-0.2, -0.15) is 0 Å². The highest BCUT2D eigenvalue weighted by Gasteiger charge is 2.26. The fraction of sp³-hybridized carbons (Fsp3) is 0.357. The number of sulfonamides is 1. The number of hydrogen-bond donors (Lipinski definition) is 1. The predicted octanol–water partition coefficient (Wildman–Crippen LogP) is 2.02. The van der Waals surface area contributed by atoms with E-state index in [1.54, 1.807) is 18.2 Å². The minimum Gasteiger partial charge on any atom is -0.478 e. The van der Waals surface area contributed by atoms with Crippen LogP contribution >= 0.6 is 0 Å². The standard InChI is InChI=1S/C14H17NO4S/c1-11-10-13(6-4-12(11)5-7-14(16)17)15-8-2-3-9-20(15,18)19/h4-7,10H,2-3,8-9H2,1H3,(H,16,17)/b7-5+. The summed E-state index contributed by atoms with van der Waals surface area (Å²) in [6.07, 6.45) is 4.14. The molecule has 0 aliphatic carbocycles. The zero-order valence-electron chi connectivity index (χ0n) is 11.2. The molecule has 0 spiro atoms. The third kappa shape index (κ3) is 3.19. The van der Waals surface area contributed by atoms with Crippen LogP contribution in [0.3, 0.4) is 0 Å². The van der Waals surface area contributed by atoms with Crippen molar-refractivity contribution >= 4 is 27.8 Å². The first-order chi connectivity index (χ1) is 9.40. The van der Waals surface area contributed by atoms with Crippen molar-refractivity contribution in [2.24, 2.45) is 0 Å². The van der Waals surface area contributed by atoms with Gasteiger partial charge in [0, 0.05) is 12.6 Å². The molecule has 1 heterocycles. The van der Waals surface area contributed by atoms with Crippen molar-refractivity contribution in [3.63, 3.8) is 0 Å². The van der Waals surface area contributed by atoms with Crippen molar-refractivity contribution in [2.45, 2.75) is 19.8 Å². The number of aliphatic carboxylic acids is 1. The first-order valence-electron chi connectivity index (χ1n) is 6.42. The molecule has 0 unspecified atom stereocenters. The van der Waals surface area contributed by atoms with Gasteiger partial charge in [0.15, 0.2) is 0 Å². The van der Waals surface area contributed by atoms with E-state index in [0.717, 1.165) is 23.6 Å². The van der Waals surface area contributed by atoms with E-state index < -0.39 is 16.0 Å². The number of carboxylic acid groups (broad SMARTS) is 1. The molecular formula is C14H17NO4S. The predicted molar refractivity (Wildman–Crippen MR) is 78.2 cm³/mol. The molecule has 1 N–H and O–H groups in total. The van der Waals surface area contributed by atoms with Gasteiger partial charge in [-0.05, 0) is 49.1 Å². The lowest BCUT2D eigenvalue weighted by molar-refractivity contribution is -0.131. The molecule has 108 valence electrons. The summed E-state index contributed by atoms with van der Waals surface area (Å²) in [6, 6.07) is 5.25. The van der Waals surface area contributed by atoms with E-state index in [4.69, 9.17) is 5.11 Å². The zero-order chi connectivity index (χ0) is 14.8. The Morgan fingerprint density at radius 2 is 2.10 bits per heavy atom. The number of benzene rings is 1. The summed E-state index contributed by atoms with van der Waals surface area (Å²) in [4.78, 5) is 10.5. The topological polar surface area (TPSA) is 74.7 Å². The third-order valence-corrected chi connectivity index (χ3v) is 5.17. The van der Waals surface area contributed by atoms with E-state index in [1.165, 1.54) is 10.4 Å². The second-order valence-corrected chi connectivity index (χ2v) is 6.82. The first kappa shape index (κ1) is 14.6. The zero-order valence-corrected chi connectivity index (χ0v) is 12.1. The molecular weight excluding hydrogens is 278 g/mol. The molecule has 0 amide bonds. The van der Waals surface area contributed by atoms with Crippen molar-refractivity contribution in [2.75, 3.05) is 16.6 Å². The molecule has 20 heavy (non-hydrogen) atoms. The average Bonchev–Trinajstić information content (AvgIpc) is 2.36. The Hall–Kier alpha value is -1.82. The number of aryl methyl sites for hydroxylation is 1. The molecule has 1 aliphatic heterocycles. The SMILES string of the molecule is Cc1cc(N2CCCCS2(=O)=O)ccc1/C=C/C(=O)O. The smallest absolute Gasteiger partial charge is 0.328 e. The van der Waals surface area contributed by atoms with Crippen molar-refractivity contribution in [1.29, 1.82) is 0 Å². The van der Waals surface area contributed by atoms with Gasteiger partial charge >= 0.3 is 5.97 Å². The lowest BCUT2D eigenvalue weighted by Crippen LogP contribution is -2.37. The quantitative estimate of drug-likeness (QED) is 0.866. The fourth-order valence-corrected chi connectivity index (χ4v) is 3.87. The fourth-order valence-electron chi connectivity index (χ4n) is 2.24. The molecule has 5 nitrogen and oxygen atoms in total. The van der Waals surface area contributed by atoms with Crippen LogP contribution in [0, 0.1) is 6.92 Å². The molecule has 2 rings (SSSR count). The lowest BCUT2D eigenvalue weighted by atomic mass is 10.1. The molecule has 1 aromatic rings. The highest BCUT2D eigenvalue weighted by Crippen LogP contribution is 2.26. The molecule has 1 aromatic carbocycles. The summed E-state index contributed by atoms with van der Waals surface area (Å²) in [5.74, 6) is -0.820. The van der Waals surface area contributed by atoms with Crippen LogP contribution in [0.25, 0.3) is 6.08 Å². The van der Waals surface area contributed by atoms with E-state index in [1.807, 2.05) is 6.92 Å². The van der Waals surface area contributed by atoms with E-state index >= 15 is 0 Å². The van der Waals surface area contributed by atoms with Crippen molar-refractivity contribution in [3.8, 4) is 0 Å². The molecule has 0 atom stereocenters. The normalized spacial score (nSPS) is 18.4. The minimum absolute atomic E-state index is 0.187. The van der Waals surface area contributed by atoms with Crippen LogP contribution in [0.5, 0.6) is 0 Å². The Kier molecular flexibility index (Phi) is 4.13. The van der Waals surface area contributed by atoms with E-state index in [-0.39, 0.29) is 5.75 Å². The van der Waals surface area contributed by atoms with Gasteiger partial charge < -0.3 is 5.11 Å². The Morgan fingerprint density at radius 3 is 2.70 bits per heavy atom. The molecule has 0 radical (unpaired) electrons. The molecule has 6 heteroatoms. The van der Waals surface area contributed by atoms with Crippen LogP contribution in [0.1, 0.15) is 24.0 Å². The van der Waals surface area contributed by atoms with Crippen molar-refractivity contribution < 1.29 is 18.3 Å². The largest absolute Gasteiger partial charge is 0.478 e. The van der Waals surface area contributed by atoms with Gasteiger partial charge in [0.05, 0.1) is 11.4 Å². The van der Waals surface area contributed by atoms with Gasteiger partial charge in [-0.3, -0.25) is 4.31 Å². The molecule has 1 saturated heterocycles. The number of carbonyl (C=O) groups is 1. The Morgan fingerprint density at radius 1 is 1.35 bits per heavy atom. The second kappa shape index (κ2) is 5.66. The van der Waals surface area contributed by atoms with Crippen molar-refractivity contribution in [3.05, 3.63) is 35.4 Å². The molecule has 1 fully saturated rings. The van der Waals surface area contributed by atoms with Crippen LogP contribution < -0.4 is 4.31 Å². The highest BCUT2D eigenvalue weighted by atomic mass is 32.2. The number of hydrogen-bond acceptors (Lipinski definition) is 3. The summed E-state index contributed by atoms with van der Waals surface area (Å²) in [6.45, 7) is 2.34. The maximum absolute atomic E-state index is 12.0. The number of carboxylic acids is 1. The van der Waals surface area contributed by atoms with Gasteiger partial charge in [0.25, 0.3) is 0 Å². The van der Waals surface area contributed by atoms with Crippen LogP contribution in [-0.2, 0) is 14.8 Å². The summed E-state index contributed by atoms with van der Waals surface area (Å²) >= 11 is 0. The summed E-state index contributed by atoms with van der Waals surface area (Å²) < 4.78 is 25.5. The third-order valence-electron chi connectivity index (χ3n) is 3.30. The van der Waals surface area contributed by atoms with Gasteiger partial charge in [-0.15, -0.1) is 0 Å². The second-order valence-electron chi connectivity index (χ2n) is 4.81. The number of anilines is 1. The minimum atomic E-state index is -3.21. The van der Waals surface area contributed by atoms with Crippen LogP contribution in [0.4, 0.5) is 5.69 Å². The van der Waals surface area contributed by atoms with Crippen LogP contribution in [0.2, 0.25) is 0 Å². The Labute approximate surface area is 118 Å². The van der Waals surface area contributed by atoms with Gasteiger partial charge in [0.2, 0.25) is 10.0 Å². The highest BCUT2D eigenvalue weighted by molar-refractivity contribution is 7.92. The summed E-state index contributed by atoms with van der Waals surface area (Å²) in [7, 11) is -3.21. The average molecular weight is 295 g/mol. The molecule has 0 bridgehead atoms. The summed E-state index contributed by atoms with van der Waals surface area (Å²) in [5.41, 5.74) is 2.26. The number of nitrogens with zero attached hydrogens (tertiary/aromatic N) is 1. The number of rotatable bonds is 3. The Balaban J connectivity index is 2.31. The van der Waals surface area contributed by atoms with Crippen molar-refractivity contribution in [1.82, 2.24) is 0 Å². The van der Waals surface area contributed by atoms with E-state index in [0.29, 0.717) is 18.7 Å². The van der Waals surface area contributed by atoms with Crippen LogP contribution in [-0.4, -0.2) is 31.8 Å². The Bertz CT molecular complexity index is 649. The monoisotopic (exact) mass is 295 g/mol. The lowest BCUT2D eigenvalue weighted by Gasteiger charge is -2.28. The maximum atomic E-state index is 12.0. The molecule has 1 aliphatic rings. The summed E-state index contributed by atoms with van der Waals surface area (Å²) in [5, 5.41) is 8.62. The molecule has 0 saturated carbocycles. The van der Waals surface area contributed by atoms with Gasteiger partial charge in [0.1, 0.15) is 0 Å². The van der Waals surface area contributed by atoms with E-state index in [2.05, 4.69) is 0 Å². The van der Waals surface area contributed by atoms with Gasteiger partial charge in [-0.1, -0.05) is 6.07 Å². The van der Waals surface area contributed by atoms with E-state index in [9.17, 15) is 13.2 Å². The van der Waals surface area contributed by atoms with Crippen LogP contribution in [0.15, 0.2) is 24.3 Å². The maximum Gasteiger partial charge on any atom is 0.328 e. The first-order valence-corrected chi connectivity index (χ1v) is 8.03. The molecule has 0 aromatic heterocycles. The van der Waals surface area contributed by atoms with Gasteiger partial charge in [-0.25, -0.2) is 13.2 Å².